The first-order valence-electron chi connectivity index (χ1n) is 3.95. The molecule has 1 unspecified atom stereocenters. The van der Waals surface area contributed by atoms with Crippen molar-refractivity contribution in [1.29, 1.82) is 0 Å². The van der Waals surface area contributed by atoms with Crippen LogP contribution in [0.15, 0.2) is 12.1 Å². The topological polar surface area (TPSA) is 38.0 Å². The van der Waals surface area contributed by atoms with E-state index in [4.69, 9.17) is 0 Å². The molecule has 0 heterocycles. The highest BCUT2D eigenvalue weighted by molar-refractivity contribution is 5.24. The first-order valence-corrected chi connectivity index (χ1v) is 3.95. The number of hydrogen-bond donors (Lipinski definition) is 2. The molecule has 0 aromatic heterocycles. The van der Waals surface area contributed by atoms with Gasteiger partial charge in [0.15, 0.2) is 17.5 Å². The second-order valence-corrected chi connectivity index (χ2v) is 2.91. The average molecular weight is 244 g/mol. The maximum atomic E-state index is 13.0. The summed E-state index contributed by atoms with van der Waals surface area (Å²) < 4.78 is 75.1. The fourth-order valence-electron chi connectivity index (χ4n) is 1.12. The Morgan fingerprint density at radius 1 is 1.06 bits per heavy atom. The number of nitrogens with one attached hydrogen (secondary N) is 1. The molecule has 0 aliphatic carbocycles. The molecule has 2 nitrogen and oxygen atoms in total. The van der Waals surface area contributed by atoms with Gasteiger partial charge in [0.1, 0.15) is 6.04 Å². The van der Waals surface area contributed by atoms with Crippen LogP contribution in [0.1, 0.15) is 11.6 Å². The molecule has 0 bridgehead atoms. The minimum absolute atomic E-state index is 0.393. The van der Waals surface area contributed by atoms with Gasteiger partial charge in [-0.2, -0.15) is 13.2 Å². The lowest BCUT2D eigenvalue weighted by Crippen LogP contribution is -2.39. The second kappa shape index (κ2) is 4.30. The summed E-state index contributed by atoms with van der Waals surface area (Å²) in [6, 6.07) is -1.72. The summed E-state index contributed by atoms with van der Waals surface area (Å²) >= 11 is 0. The number of benzene rings is 1. The Kier molecular flexibility index (Phi) is 3.44. The normalized spacial score (nSPS) is 13.9. The molecule has 3 N–H and O–H groups in total. The highest BCUT2D eigenvalue weighted by Crippen LogP contribution is 2.34. The summed E-state index contributed by atoms with van der Waals surface area (Å²) in [5.41, 5.74) is 0.189. The Balaban J connectivity index is 3.27. The van der Waals surface area contributed by atoms with E-state index in [-0.39, 0.29) is 0 Å². The third-order valence-corrected chi connectivity index (χ3v) is 1.87. The highest BCUT2D eigenvalue weighted by atomic mass is 19.4. The summed E-state index contributed by atoms with van der Waals surface area (Å²) in [6.45, 7) is 0. The number of halogens is 6. The molecule has 1 atom stereocenters. The van der Waals surface area contributed by atoms with Crippen LogP contribution in [-0.4, -0.2) is 6.18 Å². The Bertz CT molecular complexity index is 389. The van der Waals surface area contributed by atoms with Gasteiger partial charge in [-0.15, -0.1) is 0 Å². The molecule has 0 saturated carbocycles. The molecule has 16 heavy (non-hydrogen) atoms. The smallest absolute Gasteiger partial charge is 0.271 e. The van der Waals surface area contributed by atoms with E-state index in [9.17, 15) is 26.3 Å². The van der Waals surface area contributed by atoms with Crippen LogP contribution in [0.2, 0.25) is 0 Å². The molecular formula is C8H6F6N2. The molecular weight excluding hydrogens is 238 g/mol. The predicted molar refractivity (Wildman–Crippen MR) is 42.4 cm³/mol. The van der Waals surface area contributed by atoms with Gasteiger partial charge in [0.25, 0.3) is 0 Å². The predicted octanol–water partition coefficient (Wildman–Crippen LogP) is 2.17. The minimum Gasteiger partial charge on any atom is -0.271 e. The van der Waals surface area contributed by atoms with E-state index in [1.807, 2.05) is 0 Å². The van der Waals surface area contributed by atoms with Crippen molar-refractivity contribution in [3.05, 3.63) is 35.1 Å². The van der Waals surface area contributed by atoms with Gasteiger partial charge in [0, 0.05) is 5.56 Å². The molecule has 90 valence electrons. The lowest BCUT2D eigenvalue weighted by atomic mass is 10.1. The van der Waals surface area contributed by atoms with Crippen molar-refractivity contribution < 1.29 is 26.3 Å². The molecule has 0 amide bonds. The fraction of sp³-hybridized carbons (Fsp3) is 0.250. The Morgan fingerprint density at radius 2 is 1.62 bits per heavy atom. The van der Waals surface area contributed by atoms with Crippen molar-refractivity contribution in [2.45, 2.75) is 12.2 Å². The maximum Gasteiger partial charge on any atom is 0.409 e. The van der Waals surface area contributed by atoms with Gasteiger partial charge in [0.2, 0.25) is 0 Å². The Hall–Kier alpha value is -1.28. The van der Waals surface area contributed by atoms with Crippen molar-refractivity contribution in [1.82, 2.24) is 5.43 Å². The first kappa shape index (κ1) is 12.8. The number of rotatable bonds is 2. The highest BCUT2D eigenvalue weighted by Gasteiger charge is 2.42. The van der Waals surface area contributed by atoms with E-state index in [1.54, 1.807) is 0 Å². The average Bonchev–Trinajstić information content (AvgIpc) is 2.17. The molecule has 0 fully saturated rings. The summed E-state index contributed by atoms with van der Waals surface area (Å²) in [4.78, 5) is 0. The Morgan fingerprint density at radius 3 is 2.06 bits per heavy atom. The van der Waals surface area contributed by atoms with Crippen molar-refractivity contribution in [2.24, 2.45) is 5.84 Å². The maximum absolute atomic E-state index is 13.0. The van der Waals surface area contributed by atoms with E-state index in [1.165, 1.54) is 5.43 Å². The van der Waals surface area contributed by atoms with Gasteiger partial charge in [-0.25, -0.2) is 18.6 Å². The van der Waals surface area contributed by atoms with Crippen LogP contribution in [0.3, 0.4) is 0 Å². The third kappa shape index (κ3) is 2.27. The van der Waals surface area contributed by atoms with Crippen molar-refractivity contribution in [3.8, 4) is 0 Å². The SMILES string of the molecule is NNC(c1ccc(F)c(F)c1F)C(F)(F)F. The van der Waals surface area contributed by atoms with Gasteiger partial charge < -0.3 is 0 Å². The van der Waals surface area contributed by atoms with E-state index < -0.39 is 35.2 Å². The molecule has 1 aromatic rings. The number of nitrogens with two attached hydrogens (primary N) is 1. The van der Waals surface area contributed by atoms with E-state index >= 15 is 0 Å². The van der Waals surface area contributed by atoms with Crippen LogP contribution >= 0.6 is 0 Å². The van der Waals surface area contributed by atoms with Gasteiger partial charge in [0.05, 0.1) is 0 Å². The number of alkyl halides is 3. The van der Waals surface area contributed by atoms with Crippen LogP contribution in [0, 0.1) is 17.5 Å². The molecule has 1 aromatic carbocycles. The van der Waals surface area contributed by atoms with Crippen LogP contribution in [-0.2, 0) is 0 Å². The van der Waals surface area contributed by atoms with E-state index in [2.05, 4.69) is 5.84 Å². The third-order valence-electron chi connectivity index (χ3n) is 1.87. The van der Waals surface area contributed by atoms with Gasteiger partial charge >= 0.3 is 6.18 Å². The second-order valence-electron chi connectivity index (χ2n) is 2.91. The van der Waals surface area contributed by atoms with Crippen LogP contribution in [0.5, 0.6) is 0 Å². The summed E-state index contributed by atoms with van der Waals surface area (Å²) in [5.74, 6) is -0.862. The lowest BCUT2D eigenvalue weighted by Gasteiger charge is -2.20. The standard InChI is InChI=1S/C8H6F6N2/c9-4-2-1-3(5(10)6(4)11)7(16-15)8(12,13)14/h1-2,7,16H,15H2. The molecule has 0 saturated heterocycles. The van der Waals surface area contributed by atoms with Crippen molar-refractivity contribution in [3.63, 3.8) is 0 Å². The molecule has 0 radical (unpaired) electrons. The zero-order valence-corrected chi connectivity index (χ0v) is 7.58. The lowest BCUT2D eigenvalue weighted by molar-refractivity contribution is -0.158. The molecule has 8 heteroatoms. The van der Waals surface area contributed by atoms with Crippen LogP contribution < -0.4 is 11.3 Å². The van der Waals surface area contributed by atoms with Crippen molar-refractivity contribution >= 4 is 0 Å². The minimum atomic E-state index is -4.92. The van der Waals surface area contributed by atoms with Gasteiger partial charge in [-0.1, -0.05) is 6.07 Å². The zero-order chi connectivity index (χ0) is 12.5. The van der Waals surface area contributed by atoms with E-state index in [0.29, 0.717) is 12.1 Å². The first-order chi connectivity index (χ1) is 7.29. The molecule has 0 aliphatic rings. The number of hydrazine groups is 1. The number of hydrogen-bond acceptors (Lipinski definition) is 2. The molecule has 1 rings (SSSR count). The Labute approximate surface area is 86.0 Å². The fourth-order valence-corrected chi connectivity index (χ4v) is 1.12. The summed E-state index contributed by atoms with van der Waals surface area (Å²) in [5, 5.41) is 0. The zero-order valence-electron chi connectivity index (χ0n) is 7.58. The van der Waals surface area contributed by atoms with Gasteiger partial charge in [-0.3, -0.25) is 5.84 Å². The largest absolute Gasteiger partial charge is 0.409 e. The monoisotopic (exact) mass is 244 g/mol. The van der Waals surface area contributed by atoms with Crippen LogP contribution in [0.4, 0.5) is 26.3 Å². The summed E-state index contributed by atoms with van der Waals surface area (Å²) in [7, 11) is 0. The molecule has 0 spiro atoms. The van der Waals surface area contributed by atoms with Crippen LogP contribution in [0.25, 0.3) is 0 Å². The van der Waals surface area contributed by atoms with Crippen molar-refractivity contribution in [2.75, 3.05) is 0 Å². The van der Waals surface area contributed by atoms with Gasteiger partial charge in [-0.05, 0) is 6.07 Å². The quantitative estimate of drug-likeness (QED) is 0.362. The molecule has 0 aliphatic heterocycles. The van der Waals surface area contributed by atoms with E-state index in [0.717, 1.165) is 0 Å². The summed E-state index contributed by atoms with van der Waals surface area (Å²) in [6.07, 6.45) is -4.92.